The van der Waals surface area contributed by atoms with Crippen LogP contribution in [-0.4, -0.2) is 9.52 Å². The van der Waals surface area contributed by atoms with Crippen LogP contribution in [0.4, 0.5) is 0 Å². The molecule has 0 heterocycles. The first-order chi connectivity index (χ1) is 17.4. The Kier molecular flexibility index (Phi) is 8.55. The van der Waals surface area contributed by atoms with Gasteiger partial charge in [-0.3, -0.25) is 0 Å². The van der Waals surface area contributed by atoms with Crippen molar-refractivity contribution in [1.82, 2.24) is 0 Å². The van der Waals surface area contributed by atoms with Gasteiger partial charge in [0.2, 0.25) is 0 Å². The molecule has 2 aliphatic carbocycles. The quantitative estimate of drug-likeness (QED) is 0.116. The number of fused-ring (bicyclic) bond motifs is 6. The second-order valence-electron chi connectivity index (χ2n) is 10.2. The number of hydrogen-bond acceptors (Lipinski definition) is 0. The van der Waals surface area contributed by atoms with Gasteiger partial charge in [-0.2, -0.15) is 0 Å². The van der Waals surface area contributed by atoms with Crippen LogP contribution in [0.1, 0.15) is 59.1 Å². The third-order valence-corrected chi connectivity index (χ3v) is 9.41. The summed E-state index contributed by atoms with van der Waals surface area (Å²) in [6, 6.07) is 34.6. The summed E-state index contributed by atoms with van der Waals surface area (Å²) in [5.74, 6) is 0. The molecule has 0 aromatic heterocycles. The molecule has 2 radical (unpaired) electrons. The Hall–Kier alpha value is -2.02. The van der Waals surface area contributed by atoms with Gasteiger partial charge in [0.1, 0.15) is 0 Å². The van der Waals surface area contributed by atoms with Crippen molar-refractivity contribution >= 4 is 9.52 Å². The molecular formula is C34H34SiZr. The zero-order valence-corrected chi connectivity index (χ0v) is 24.6. The van der Waals surface area contributed by atoms with Gasteiger partial charge in [-0.1, -0.05) is 110 Å². The van der Waals surface area contributed by atoms with Crippen molar-refractivity contribution in [2.75, 3.05) is 0 Å². The predicted octanol–water partition coefficient (Wildman–Crippen LogP) is 8.71. The summed E-state index contributed by atoms with van der Waals surface area (Å²) in [7, 11) is 1.13. The average Bonchev–Trinajstić information content (AvgIpc) is 3.47. The van der Waals surface area contributed by atoms with Crippen molar-refractivity contribution in [3.05, 3.63) is 118 Å². The molecule has 0 atom stereocenters. The molecule has 4 aromatic rings. The second-order valence-corrected chi connectivity index (χ2v) is 11.7. The van der Waals surface area contributed by atoms with Gasteiger partial charge in [0, 0.05) is 35.7 Å². The monoisotopic (exact) mass is 560 g/mol. The van der Waals surface area contributed by atoms with E-state index in [4.69, 9.17) is 0 Å². The molecular weight excluding hydrogens is 528 g/mol. The van der Waals surface area contributed by atoms with Crippen molar-refractivity contribution in [3.8, 4) is 22.3 Å². The van der Waals surface area contributed by atoms with Crippen LogP contribution in [0.25, 0.3) is 22.3 Å². The Balaban J connectivity index is 0.00000267. The number of hydrogen-bond donors (Lipinski definition) is 0. The third-order valence-electron chi connectivity index (χ3n) is 7.99. The van der Waals surface area contributed by atoms with Crippen molar-refractivity contribution in [2.45, 2.75) is 63.5 Å². The standard InChI is InChI=1S/C34H34Si.Zr/c1-3-17-29-27(13-1)23-33-25(15-9-19-31(29)33)11-5-7-21-35-22-8-6-12-26-16-10-20-32-30-18-4-2-14-28(30)24-34(26)32;/h1-4,9-10,13-20H,5-8,11-12,21-24H2;. The SMILES string of the molecule is [Zr].c1ccc2c(c1)Cc1c(CCCC[Si]CCCCc3cccc4c3Cc3ccccc3-4)cccc1-2. The van der Waals surface area contributed by atoms with E-state index in [-0.39, 0.29) is 26.2 Å². The molecule has 2 heteroatoms. The Labute approximate surface area is 238 Å². The predicted molar refractivity (Wildman–Crippen MR) is 151 cm³/mol. The molecule has 0 spiro atoms. The first-order valence-corrected chi connectivity index (χ1v) is 14.9. The van der Waals surface area contributed by atoms with E-state index >= 15 is 0 Å². The smallest absolute Gasteiger partial charge is 0.0378 e. The number of unbranched alkanes of at least 4 members (excludes halogenated alkanes) is 2. The van der Waals surface area contributed by atoms with Gasteiger partial charge >= 0.3 is 0 Å². The zero-order chi connectivity index (χ0) is 23.5. The van der Waals surface area contributed by atoms with Gasteiger partial charge in [-0.25, -0.2) is 0 Å². The van der Waals surface area contributed by atoms with E-state index in [0.717, 1.165) is 22.4 Å². The van der Waals surface area contributed by atoms with Crippen molar-refractivity contribution < 1.29 is 26.2 Å². The van der Waals surface area contributed by atoms with Gasteiger partial charge in [-0.05, 0) is 94.2 Å². The number of rotatable bonds is 10. The first-order valence-electron chi connectivity index (χ1n) is 13.5. The van der Waals surface area contributed by atoms with Crippen LogP contribution in [0.15, 0.2) is 84.9 Å². The minimum Gasteiger partial charge on any atom is -0.0619 e. The van der Waals surface area contributed by atoms with Crippen LogP contribution in [0.2, 0.25) is 12.1 Å². The minimum atomic E-state index is 0. The fourth-order valence-corrected chi connectivity index (χ4v) is 7.42. The average molecular weight is 562 g/mol. The molecule has 4 aromatic carbocycles. The maximum Gasteiger partial charge on any atom is 0.0378 e. The Morgan fingerprint density at radius 1 is 0.472 bits per heavy atom. The van der Waals surface area contributed by atoms with Crippen molar-refractivity contribution in [3.63, 3.8) is 0 Å². The maximum absolute atomic E-state index is 2.37. The molecule has 0 unspecified atom stereocenters. The van der Waals surface area contributed by atoms with Gasteiger partial charge in [0.05, 0.1) is 0 Å². The summed E-state index contributed by atoms with van der Waals surface area (Å²) in [4.78, 5) is 0. The molecule has 0 amide bonds. The van der Waals surface area contributed by atoms with Crippen LogP contribution in [-0.2, 0) is 51.9 Å². The van der Waals surface area contributed by atoms with Crippen LogP contribution < -0.4 is 0 Å². The fourth-order valence-electron chi connectivity index (χ4n) is 6.17. The molecule has 2 aliphatic rings. The summed E-state index contributed by atoms with van der Waals surface area (Å²) in [6.45, 7) is 0. The van der Waals surface area contributed by atoms with E-state index in [0.29, 0.717) is 0 Å². The summed E-state index contributed by atoms with van der Waals surface area (Å²) >= 11 is 0. The van der Waals surface area contributed by atoms with E-state index in [1.165, 1.54) is 84.0 Å². The molecule has 0 saturated carbocycles. The minimum absolute atomic E-state index is 0. The number of benzene rings is 4. The van der Waals surface area contributed by atoms with Gasteiger partial charge in [0.15, 0.2) is 0 Å². The molecule has 0 aliphatic heterocycles. The van der Waals surface area contributed by atoms with Crippen LogP contribution >= 0.6 is 0 Å². The molecule has 178 valence electrons. The molecule has 0 nitrogen and oxygen atoms in total. The zero-order valence-electron chi connectivity index (χ0n) is 21.2. The van der Waals surface area contributed by atoms with Gasteiger partial charge < -0.3 is 0 Å². The molecule has 6 rings (SSSR count). The fraction of sp³-hybridized carbons (Fsp3) is 0.294. The van der Waals surface area contributed by atoms with E-state index < -0.39 is 0 Å². The Morgan fingerprint density at radius 2 is 0.917 bits per heavy atom. The first kappa shape index (κ1) is 25.6. The molecule has 36 heavy (non-hydrogen) atoms. The van der Waals surface area contributed by atoms with E-state index in [9.17, 15) is 0 Å². The maximum atomic E-state index is 2.37. The topological polar surface area (TPSA) is 0 Å². The van der Waals surface area contributed by atoms with Crippen LogP contribution in [0, 0.1) is 0 Å². The molecule has 0 N–H and O–H groups in total. The molecule has 0 fully saturated rings. The van der Waals surface area contributed by atoms with Crippen LogP contribution in [0.5, 0.6) is 0 Å². The summed E-state index contributed by atoms with van der Waals surface area (Å²) in [5.41, 5.74) is 15.2. The summed E-state index contributed by atoms with van der Waals surface area (Å²) < 4.78 is 0. The van der Waals surface area contributed by atoms with E-state index in [2.05, 4.69) is 84.9 Å². The van der Waals surface area contributed by atoms with Gasteiger partial charge in [0.25, 0.3) is 0 Å². The molecule has 0 bridgehead atoms. The number of aryl methyl sites for hydroxylation is 2. The Morgan fingerprint density at radius 3 is 1.42 bits per heavy atom. The van der Waals surface area contributed by atoms with Gasteiger partial charge in [-0.15, -0.1) is 0 Å². The van der Waals surface area contributed by atoms with E-state index in [1.807, 2.05) is 0 Å². The Bertz CT molecular complexity index is 1240. The van der Waals surface area contributed by atoms with Crippen LogP contribution in [0.3, 0.4) is 0 Å². The van der Waals surface area contributed by atoms with Crippen molar-refractivity contribution in [2.24, 2.45) is 0 Å². The summed E-state index contributed by atoms with van der Waals surface area (Å²) in [5, 5.41) is 0. The largest absolute Gasteiger partial charge is 0.0619 e. The second kappa shape index (κ2) is 12.0. The summed E-state index contributed by atoms with van der Waals surface area (Å²) in [6.07, 6.45) is 10.1. The molecule has 0 saturated heterocycles. The third kappa shape index (κ3) is 5.32. The van der Waals surface area contributed by atoms with Crippen molar-refractivity contribution in [1.29, 1.82) is 0 Å². The normalized spacial score (nSPS) is 12.4. The van der Waals surface area contributed by atoms with E-state index in [1.54, 1.807) is 22.3 Å².